The van der Waals surface area contributed by atoms with E-state index in [0.717, 1.165) is 39.3 Å². The van der Waals surface area contributed by atoms with Gasteiger partial charge in [-0.2, -0.15) is 0 Å². The van der Waals surface area contributed by atoms with E-state index >= 15 is 0 Å². The van der Waals surface area contributed by atoms with Gasteiger partial charge in [0.15, 0.2) is 0 Å². The van der Waals surface area contributed by atoms with Crippen molar-refractivity contribution >= 4 is 0 Å². The topological polar surface area (TPSA) is 38.7 Å². The zero-order chi connectivity index (χ0) is 14.1. The standard InChI is InChI=1S/C15H22FN3O/c1-11(14-3-2-13(20)8-15(14)16)19-9-12(10-19)18-6-4-17-5-7-18/h2-3,8,11-12,17,20H,4-7,9-10H2,1H3. The van der Waals surface area contributed by atoms with E-state index in [9.17, 15) is 9.50 Å². The van der Waals surface area contributed by atoms with E-state index in [0.29, 0.717) is 11.6 Å². The Morgan fingerprint density at radius 3 is 2.65 bits per heavy atom. The first-order chi connectivity index (χ1) is 9.65. The van der Waals surface area contributed by atoms with Crippen molar-refractivity contribution < 1.29 is 9.50 Å². The van der Waals surface area contributed by atoms with Crippen LogP contribution in [0.4, 0.5) is 4.39 Å². The fraction of sp³-hybridized carbons (Fsp3) is 0.600. The number of nitrogens with one attached hydrogen (secondary N) is 1. The van der Waals surface area contributed by atoms with Gasteiger partial charge in [-0.05, 0) is 13.0 Å². The Balaban J connectivity index is 1.58. The van der Waals surface area contributed by atoms with Crippen molar-refractivity contribution in [3.05, 3.63) is 29.6 Å². The number of nitrogens with zero attached hydrogens (tertiary/aromatic N) is 2. The van der Waals surface area contributed by atoms with Gasteiger partial charge >= 0.3 is 0 Å². The fourth-order valence-corrected chi connectivity index (χ4v) is 3.13. The van der Waals surface area contributed by atoms with Crippen LogP contribution in [0.25, 0.3) is 0 Å². The van der Waals surface area contributed by atoms with Crippen LogP contribution >= 0.6 is 0 Å². The number of hydrogen-bond acceptors (Lipinski definition) is 4. The Morgan fingerprint density at radius 2 is 2.00 bits per heavy atom. The third-order valence-electron chi connectivity index (χ3n) is 4.54. The molecule has 0 amide bonds. The van der Waals surface area contributed by atoms with E-state index in [1.165, 1.54) is 6.07 Å². The lowest BCUT2D eigenvalue weighted by Crippen LogP contribution is -2.62. The first-order valence-electron chi connectivity index (χ1n) is 7.32. The predicted molar refractivity (Wildman–Crippen MR) is 76.3 cm³/mol. The third-order valence-corrected chi connectivity index (χ3v) is 4.54. The molecule has 2 N–H and O–H groups in total. The lowest BCUT2D eigenvalue weighted by atomic mass is 9.98. The van der Waals surface area contributed by atoms with E-state index < -0.39 is 0 Å². The number of phenolic OH excluding ortho intramolecular Hbond substituents is 1. The molecule has 2 heterocycles. The van der Waals surface area contributed by atoms with Crippen LogP contribution in [-0.2, 0) is 0 Å². The summed E-state index contributed by atoms with van der Waals surface area (Å²) in [4.78, 5) is 4.81. The lowest BCUT2D eigenvalue weighted by molar-refractivity contribution is 0.00266. The van der Waals surface area contributed by atoms with Crippen molar-refractivity contribution in [1.29, 1.82) is 0 Å². The maximum absolute atomic E-state index is 13.9. The molecule has 0 radical (unpaired) electrons. The van der Waals surface area contributed by atoms with Crippen molar-refractivity contribution in [1.82, 2.24) is 15.1 Å². The number of halogens is 1. The Kier molecular flexibility index (Phi) is 3.92. The second-order valence-electron chi connectivity index (χ2n) is 5.78. The molecule has 110 valence electrons. The van der Waals surface area contributed by atoms with Gasteiger partial charge in [-0.3, -0.25) is 9.80 Å². The molecule has 1 atom stereocenters. The number of likely N-dealkylation sites (tertiary alicyclic amines) is 1. The molecule has 1 aromatic carbocycles. The minimum atomic E-state index is -0.317. The molecule has 2 fully saturated rings. The summed E-state index contributed by atoms with van der Waals surface area (Å²) in [6.45, 7) is 8.39. The summed E-state index contributed by atoms with van der Waals surface area (Å²) < 4.78 is 13.9. The van der Waals surface area contributed by atoms with Crippen molar-refractivity contribution in [2.45, 2.75) is 19.0 Å². The maximum atomic E-state index is 13.9. The summed E-state index contributed by atoms with van der Waals surface area (Å²) in [7, 11) is 0. The molecular weight excluding hydrogens is 257 g/mol. The summed E-state index contributed by atoms with van der Waals surface area (Å²) >= 11 is 0. The van der Waals surface area contributed by atoms with E-state index in [4.69, 9.17) is 0 Å². The number of hydrogen-bond donors (Lipinski definition) is 2. The molecule has 2 aliphatic rings. The van der Waals surface area contributed by atoms with Gasteiger partial charge < -0.3 is 10.4 Å². The lowest BCUT2D eigenvalue weighted by Gasteiger charge is -2.49. The highest BCUT2D eigenvalue weighted by atomic mass is 19.1. The maximum Gasteiger partial charge on any atom is 0.131 e. The molecule has 0 aliphatic carbocycles. The first-order valence-corrected chi connectivity index (χ1v) is 7.32. The molecule has 0 aromatic heterocycles. The zero-order valence-electron chi connectivity index (χ0n) is 11.8. The fourth-order valence-electron chi connectivity index (χ4n) is 3.13. The van der Waals surface area contributed by atoms with Crippen LogP contribution in [0.1, 0.15) is 18.5 Å². The number of rotatable bonds is 3. The van der Waals surface area contributed by atoms with Crippen LogP contribution in [0.2, 0.25) is 0 Å². The van der Waals surface area contributed by atoms with E-state index in [-0.39, 0.29) is 17.6 Å². The summed E-state index contributed by atoms with van der Waals surface area (Å²) in [6.07, 6.45) is 0. The molecule has 0 bridgehead atoms. The molecule has 2 saturated heterocycles. The monoisotopic (exact) mass is 279 g/mol. The second-order valence-corrected chi connectivity index (χ2v) is 5.78. The van der Waals surface area contributed by atoms with E-state index in [1.54, 1.807) is 12.1 Å². The molecule has 2 aliphatic heterocycles. The van der Waals surface area contributed by atoms with Crippen LogP contribution in [0, 0.1) is 5.82 Å². The molecule has 0 spiro atoms. The normalized spacial score (nSPS) is 23.5. The minimum absolute atomic E-state index is 0.0132. The molecule has 20 heavy (non-hydrogen) atoms. The molecule has 5 heteroatoms. The molecule has 0 saturated carbocycles. The van der Waals surface area contributed by atoms with E-state index in [1.807, 2.05) is 6.92 Å². The van der Waals surface area contributed by atoms with Crippen molar-refractivity contribution in [2.75, 3.05) is 39.3 Å². The molecule has 4 nitrogen and oxygen atoms in total. The summed E-state index contributed by atoms with van der Waals surface area (Å²) in [5.41, 5.74) is 0.668. The third kappa shape index (κ3) is 2.66. The van der Waals surface area contributed by atoms with Crippen LogP contribution < -0.4 is 5.32 Å². The SMILES string of the molecule is CC(c1ccc(O)cc1F)N1CC(N2CCNCC2)C1. The van der Waals surface area contributed by atoms with Crippen LogP contribution in [0.3, 0.4) is 0 Å². The number of benzene rings is 1. The highest BCUT2D eigenvalue weighted by Crippen LogP contribution is 2.30. The molecular formula is C15H22FN3O. The highest BCUT2D eigenvalue weighted by Gasteiger charge is 2.35. The zero-order valence-corrected chi connectivity index (χ0v) is 11.8. The van der Waals surface area contributed by atoms with Gasteiger partial charge in [-0.15, -0.1) is 0 Å². The van der Waals surface area contributed by atoms with Gasteiger partial charge in [0.05, 0.1) is 0 Å². The second kappa shape index (κ2) is 5.68. The predicted octanol–water partition coefficient (Wildman–Crippen LogP) is 1.18. The average molecular weight is 279 g/mol. The molecule has 3 rings (SSSR count). The van der Waals surface area contributed by atoms with Gasteiger partial charge in [-0.1, -0.05) is 6.07 Å². The van der Waals surface area contributed by atoms with Crippen LogP contribution in [0.5, 0.6) is 5.75 Å². The molecule has 1 unspecified atom stereocenters. The highest BCUT2D eigenvalue weighted by molar-refractivity contribution is 5.30. The van der Waals surface area contributed by atoms with E-state index in [2.05, 4.69) is 15.1 Å². The first kappa shape index (κ1) is 13.8. The quantitative estimate of drug-likeness (QED) is 0.871. The average Bonchev–Trinajstić information content (AvgIpc) is 2.38. The largest absolute Gasteiger partial charge is 0.508 e. The number of piperazine rings is 1. The van der Waals surface area contributed by atoms with Crippen LogP contribution in [-0.4, -0.2) is 60.2 Å². The summed E-state index contributed by atoms with van der Waals surface area (Å²) in [6, 6.07) is 5.12. The number of aromatic hydroxyl groups is 1. The Bertz CT molecular complexity index is 470. The Morgan fingerprint density at radius 1 is 1.30 bits per heavy atom. The Hall–Kier alpha value is -1.17. The summed E-state index contributed by atoms with van der Waals surface area (Å²) in [5.74, 6) is -0.330. The van der Waals surface area contributed by atoms with Crippen molar-refractivity contribution in [2.24, 2.45) is 0 Å². The number of phenols is 1. The van der Waals surface area contributed by atoms with Gasteiger partial charge in [0.25, 0.3) is 0 Å². The van der Waals surface area contributed by atoms with Gasteiger partial charge in [-0.25, -0.2) is 4.39 Å². The summed E-state index contributed by atoms with van der Waals surface area (Å²) in [5, 5.41) is 12.6. The minimum Gasteiger partial charge on any atom is -0.508 e. The molecule has 1 aromatic rings. The van der Waals surface area contributed by atoms with Crippen molar-refractivity contribution in [3.63, 3.8) is 0 Å². The smallest absolute Gasteiger partial charge is 0.131 e. The van der Waals surface area contributed by atoms with Crippen molar-refractivity contribution in [3.8, 4) is 5.75 Å². The van der Waals surface area contributed by atoms with Gasteiger partial charge in [0.1, 0.15) is 11.6 Å². The van der Waals surface area contributed by atoms with Gasteiger partial charge in [0.2, 0.25) is 0 Å². The Labute approximate surface area is 119 Å². The van der Waals surface area contributed by atoms with Gasteiger partial charge in [0, 0.05) is 63.0 Å². The van der Waals surface area contributed by atoms with Crippen LogP contribution in [0.15, 0.2) is 18.2 Å².